The van der Waals surface area contributed by atoms with E-state index >= 15 is 0 Å². The van der Waals surface area contributed by atoms with Gasteiger partial charge in [0.1, 0.15) is 6.33 Å². The maximum Gasteiger partial charge on any atom is 0.252 e. The van der Waals surface area contributed by atoms with Crippen LogP contribution in [0.1, 0.15) is 22.3 Å². The highest BCUT2D eigenvalue weighted by molar-refractivity contribution is 7.08. The van der Waals surface area contributed by atoms with Crippen LogP contribution in [0.15, 0.2) is 41.4 Å². The van der Waals surface area contributed by atoms with E-state index < -0.39 is 0 Å². The Labute approximate surface area is 147 Å². The maximum atomic E-state index is 12.1. The van der Waals surface area contributed by atoms with Crippen LogP contribution in [0, 0.1) is 6.92 Å². The molecule has 2 aromatic heterocycles. The lowest BCUT2D eigenvalue weighted by Gasteiger charge is -2.12. The Balaban J connectivity index is 1.56. The van der Waals surface area contributed by atoms with E-state index in [1.54, 1.807) is 11.4 Å². The molecule has 0 saturated carbocycles. The molecule has 25 heavy (non-hydrogen) atoms. The Hall–Kier alpha value is -3.07. The van der Waals surface area contributed by atoms with Crippen LogP contribution in [0.5, 0.6) is 0 Å². The second kappa shape index (κ2) is 7.67. The summed E-state index contributed by atoms with van der Waals surface area (Å²) in [6, 6.07) is 7.24. The van der Waals surface area contributed by atoms with Crippen LogP contribution in [0.4, 0.5) is 5.69 Å². The van der Waals surface area contributed by atoms with Crippen LogP contribution in [0.2, 0.25) is 0 Å². The number of benzene rings is 1. The highest BCUT2D eigenvalue weighted by Gasteiger charge is 2.11. The molecule has 8 nitrogen and oxygen atoms in total. The standard InChI is InChI=1S/C16H16N6O2S/c1-11-13(3-2-4-14(11)22-10-18-20-21-22)19-15(23)5-7-17-16(24)12-6-8-25-9-12/h2-4,6,8-10H,5,7H2,1H3,(H,17,24)(H,19,23). The van der Waals surface area contributed by atoms with Crippen LogP contribution in [-0.4, -0.2) is 38.6 Å². The van der Waals surface area contributed by atoms with Crippen molar-refractivity contribution >= 4 is 28.8 Å². The summed E-state index contributed by atoms with van der Waals surface area (Å²) < 4.78 is 1.53. The minimum absolute atomic E-state index is 0.175. The third-order valence-electron chi connectivity index (χ3n) is 3.60. The molecule has 0 saturated heterocycles. The highest BCUT2D eigenvalue weighted by atomic mass is 32.1. The van der Waals surface area contributed by atoms with Crippen molar-refractivity contribution in [3.63, 3.8) is 0 Å². The molecule has 0 aliphatic carbocycles. The summed E-state index contributed by atoms with van der Waals surface area (Å²) in [6.45, 7) is 2.15. The molecule has 128 valence electrons. The molecule has 0 bridgehead atoms. The number of aromatic nitrogens is 4. The third kappa shape index (κ3) is 4.07. The fraction of sp³-hybridized carbons (Fsp3) is 0.188. The van der Waals surface area contributed by atoms with Gasteiger partial charge in [-0.2, -0.15) is 11.3 Å². The number of hydrogen-bond donors (Lipinski definition) is 2. The van der Waals surface area contributed by atoms with Gasteiger partial charge >= 0.3 is 0 Å². The first-order valence-electron chi connectivity index (χ1n) is 7.58. The first-order chi connectivity index (χ1) is 12.1. The molecule has 0 atom stereocenters. The normalized spacial score (nSPS) is 10.4. The van der Waals surface area contributed by atoms with Gasteiger partial charge in [-0.05, 0) is 46.5 Å². The van der Waals surface area contributed by atoms with E-state index in [-0.39, 0.29) is 24.8 Å². The second-order valence-electron chi connectivity index (χ2n) is 5.27. The Morgan fingerprint density at radius 2 is 2.16 bits per heavy atom. The molecular weight excluding hydrogens is 340 g/mol. The minimum Gasteiger partial charge on any atom is -0.351 e. The number of hydrogen-bond acceptors (Lipinski definition) is 6. The lowest BCUT2D eigenvalue weighted by molar-refractivity contribution is -0.116. The number of carbonyl (C=O) groups excluding carboxylic acids is 2. The zero-order chi connectivity index (χ0) is 17.6. The van der Waals surface area contributed by atoms with Gasteiger partial charge in [0.05, 0.1) is 5.69 Å². The number of amides is 2. The van der Waals surface area contributed by atoms with Crippen LogP contribution in [0.3, 0.4) is 0 Å². The van der Waals surface area contributed by atoms with E-state index in [0.717, 1.165) is 11.3 Å². The molecular formula is C16H16N6O2S. The van der Waals surface area contributed by atoms with Gasteiger partial charge in [-0.15, -0.1) is 5.10 Å². The van der Waals surface area contributed by atoms with Crippen molar-refractivity contribution in [1.82, 2.24) is 25.5 Å². The molecule has 1 aromatic carbocycles. The predicted molar refractivity (Wildman–Crippen MR) is 93.8 cm³/mol. The number of nitrogens with zero attached hydrogens (tertiary/aromatic N) is 4. The van der Waals surface area contributed by atoms with Crippen molar-refractivity contribution in [3.8, 4) is 5.69 Å². The van der Waals surface area contributed by atoms with E-state index in [1.165, 1.54) is 22.3 Å². The first kappa shape index (κ1) is 16.8. The number of nitrogens with one attached hydrogen (secondary N) is 2. The average Bonchev–Trinajstić information content (AvgIpc) is 3.30. The minimum atomic E-state index is -0.178. The van der Waals surface area contributed by atoms with Gasteiger partial charge in [0.25, 0.3) is 5.91 Å². The van der Waals surface area contributed by atoms with Crippen LogP contribution < -0.4 is 10.6 Å². The van der Waals surface area contributed by atoms with Crippen molar-refractivity contribution in [1.29, 1.82) is 0 Å². The van der Waals surface area contributed by atoms with Gasteiger partial charge in [-0.25, -0.2) is 4.68 Å². The highest BCUT2D eigenvalue weighted by Crippen LogP contribution is 2.21. The molecule has 2 amide bonds. The van der Waals surface area contributed by atoms with Gasteiger partial charge in [0, 0.05) is 29.6 Å². The Morgan fingerprint density at radius 1 is 1.28 bits per heavy atom. The predicted octanol–water partition coefficient (Wildman–Crippen LogP) is 1.79. The lowest BCUT2D eigenvalue weighted by Crippen LogP contribution is -2.27. The quantitative estimate of drug-likeness (QED) is 0.701. The fourth-order valence-corrected chi connectivity index (χ4v) is 2.91. The van der Waals surface area contributed by atoms with Gasteiger partial charge in [-0.3, -0.25) is 9.59 Å². The number of thiophene rings is 1. The Kier molecular flexibility index (Phi) is 5.14. The van der Waals surface area contributed by atoms with Gasteiger partial charge < -0.3 is 10.6 Å². The summed E-state index contributed by atoms with van der Waals surface area (Å²) in [5.74, 6) is -0.353. The molecule has 0 unspecified atom stereocenters. The third-order valence-corrected chi connectivity index (χ3v) is 4.28. The zero-order valence-corrected chi connectivity index (χ0v) is 14.3. The van der Waals surface area contributed by atoms with E-state index in [9.17, 15) is 9.59 Å². The van der Waals surface area contributed by atoms with E-state index in [4.69, 9.17) is 0 Å². The van der Waals surface area contributed by atoms with Crippen LogP contribution in [0.25, 0.3) is 5.69 Å². The topological polar surface area (TPSA) is 102 Å². The number of anilines is 1. The van der Waals surface area contributed by atoms with Gasteiger partial charge in [-0.1, -0.05) is 6.07 Å². The average molecular weight is 356 g/mol. The number of rotatable bonds is 6. The van der Waals surface area contributed by atoms with Crippen molar-refractivity contribution in [2.75, 3.05) is 11.9 Å². The molecule has 0 aliphatic heterocycles. The van der Waals surface area contributed by atoms with Crippen molar-refractivity contribution in [2.45, 2.75) is 13.3 Å². The smallest absolute Gasteiger partial charge is 0.252 e. The molecule has 2 heterocycles. The van der Waals surface area contributed by atoms with E-state index in [1.807, 2.05) is 30.5 Å². The maximum absolute atomic E-state index is 12.1. The SMILES string of the molecule is Cc1c(NC(=O)CCNC(=O)c2ccsc2)cccc1-n1cnnn1. The van der Waals surface area contributed by atoms with Crippen molar-refractivity contribution < 1.29 is 9.59 Å². The first-order valence-corrected chi connectivity index (χ1v) is 8.52. The molecule has 2 N–H and O–H groups in total. The Bertz CT molecular complexity index is 861. The number of tetrazole rings is 1. The number of carbonyl (C=O) groups is 2. The Morgan fingerprint density at radius 3 is 2.88 bits per heavy atom. The molecule has 0 aliphatic rings. The summed E-state index contributed by atoms with van der Waals surface area (Å²) in [6.07, 6.45) is 1.68. The molecule has 3 aromatic rings. The van der Waals surface area contributed by atoms with Crippen LogP contribution >= 0.6 is 11.3 Å². The second-order valence-corrected chi connectivity index (χ2v) is 6.05. The van der Waals surface area contributed by atoms with Gasteiger partial charge in [0.2, 0.25) is 5.91 Å². The molecule has 3 rings (SSSR count). The van der Waals surface area contributed by atoms with Crippen molar-refractivity contribution in [2.24, 2.45) is 0 Å². The molecule has 0 spiro atoms. The van der Waals surface area contributed by atoms with Crippen molar-refractivity contribution in [3.05, 3.63) is 52.5 Å². The van der Waals surface area contributed by atoms with Crippen LogP contribution in [-0.2, 0) is 4.79 Å². The van der Waals surface area contributed by atoms with E-state index in [2.05, 4.69) is 26.2 Å². The van der Waals surface area contributed by atoms with E-state index in [0.29, 0.717) is 11.3 Å². The van der Waals surface area contributed by atoms with Gasteiger partial charge in [0.15, 0.2) is 0 Å². The summed E-state index contributed by atoms with van der Waals surface area (Å²) >= 11 is 1.46. The monoisotopic (exact) mass is 356 g/mol. The zero-order valence-electron chi connectivity index (χ0n) is 13.5. The molecule has 9 heteroatoms. The fourth-order valence-electron chi connectivity index (χ4n) is 2.28. The summed E-state index contributed by atoms with van der Waals surface area (Å²) in [5.41, 5.74) is 2.93. The summed E-state index contributed by atoms with van der Waals surface area (Å²) in [7, 11) is 0. The molecule has 0 fully saturated rings. The molecule has 0 radical (unpaired) electrons. The summed E-state index contributed by atoms with van der Waals surface area (Å²) in [5, 5.41) is 20.3. The summed E-state index contributed by atoms with van der Waals surface area (Å²) in [4.78, 5) is 23.9. The largest absolute Gasteiger partial charge is 0.351 e. The lowest BCUT2D eigenvalue weighted by atomic mass is 10.1.